The Hall–Kier alpha value is -2.07. The van der Waals surface area contributed by atoms with Gasteiger partial charge >= 0.3 is 0 Å². The van der Waals surface area contributed by atoms with Crippen LogP contribution in [0.3, 0.4) is 0 Å². The number of halogens is 1. The summed E-state index contributed by atoms with van der Waals surface area (Å²) in [6, 6.07) is 13.5. The van der Waals surface area contributed by atoms with Crippen LogP contribution < -0.4 is 15.2 Å². The van der Waals surface area contributed by atoms with Gasteiger partial charge in [0.15, 0.2) is 0 Å². The highest BCUT2D eigenvalue weighted by atomic mass is 19.1. The fraction of sp³-hybridized carbons (Fsp3) is 0.250. The van der Waals surface area contributed by atoms with Crippen molar-refractivity contribution in [3.63, 3.8) is 0 Å². The van der Waals surface area contributed by atoms with Gasteiger partial charge in [0.05, 0.1) is 13.7 Å². The zero-order valence-corrected chi connectivity index (χ0v) is 11.4. The first-order valence-electron chi connectivity index (χ1n) is 6.47. The van der Waals surface area contributed by atoms with E-state index in [1.165, 1.54) is 12.1 Å². The summed E-state index contributed by atoms with van der Waals surface area (Å²) in [5.74, 6) is 1.07. The van der Waals surface area contributed by atoms with Crippen LogP contribution in [-0.2, 0) is 0 Å². The molecule has 0 fully saturated rings. The molecule has 0 amide bonds. The summed E-state index contributed by atoms with van der Waals surface area (Å²) in [4.78, 5) is 0. The second-order valence-corrected chi connectivity index (χ2v) is 4.44. The molecule has 0 radical (unpaired) electrons. The first-order valence-corrected chi connectivity index (χ1v) is 6.47. The van der Waals surface area contributed by atoms with Gasteiger partial charge < -0.3 is 15.2 Å². The number of rotatable bonds is 6. The third-order valence-electron chi connectivity index (χ3n) is 3.03. The van der Waals surface area contributed by atoms with E-state index in [0.29, 0.717) is 24.3 Å². The maximum Gasteiger partial charge on any atom is 0.123 e. The molecule has 0 saturated heterocycles. The van der Waals surface area contributed by atoms with Crippen molar-refractivity contribution < 1.29 is 13.9 Å². The third kappa shape index (κ3) is 3.71. The lowest BCUT2D eigenvalue weighted by Crippen LogP contribution is -2.15. The Morgan fingerprint density at radius 2 is 1.90 bits per heavy atom. The van der Waals surface area contributed by atoms with E-state index in [2.05, 4.69) is 0 Å². The Labute approximate surface area is 118 Å². The van der Waals surface area contributed by atoms with Crippen LogP contribution in [-0.4, -0.2) is 13.7 Å². The van der Waals surface area contributed by atoms with Crippen molar-refractivity contribution in [2.24, 2.45) is 5.73 Å². The van der Waals surface area contributed by atoms with Crippen molar-refractivity contribution in [2.45, 2.75) is 12.5 Å². The van der Waals surface area contributed by atoms with Crippen LogP contribution in [0.15, 0.2) is 48.5 Å². The number of hydrogen-bond donors (Lipinski definition) is 1. The fourth-order valence-corrected chi connectivity index (χ4v) is 1.97. The first kappa shape index (κ1) is 14.3. The van der Waals surface area contributed by atoms with Crippen molar-refractivity contribution in [1.29, 1.82) is 0 Å². The number of hydrogen-bond acceptors (Lipinski definition) is 3. The molecule has 106 valence electrons. The average molecular weight is 275 g/mol. The quantitative estimate of drug-likeness (QED) is 0.879. The highest BCUT2D eigenvalue weighted by Gasteiger charge is 2.13. The fourth-order valence-electron chi connectivity index (χ4n) is 1.97. The lowest BCUT2D eigenvalue weighted by molar-refractivity contribution is 0.296. The molecule has 3 nitrogen and oxygen atoms in total. The average Bonchev–Trinajstić information content (AvgIpc) is 2.48. The summed E-state index contributed by atoms with van der Waals surface area (Å²) in [7, 11) is 1.55. The number of methoxy groups -OCH3 is 1. The molecule has 0 aromatic heterocycles. The molecule has 1 unspecified atom stereocenters. The second kappa shape index (κ2) is 6.91. The van der Waals surface area contributed by atoms with Crippen molar-refractivity contribution in [1.82, 2.24) is 0 Å². The van der Waals surface area contributed by atoms with Crippen LogP contribution in [0.25, 0.3) is 0 Å². The van der Waals surface area contributed by atoms with E-state index in [9.17, 15) is 4.39 Å². The summed E-state index contributed by atoms with van der Waals surface area (Å²) in [6.45, 7) is 0.463. The molecule has 20 heavy (non-hydrogen) atoms. The Kier molecular flexibility index (Phi) is 4.96. The van der Waals surface area contributed by atoms with Crippen LogP contribution in [0.5, 0.6) is 11.5 Å². The second-order valence-electron chi connectivity index (χ2n) is 4.44. The molecule has 1 atom stereocenters. The van der Waals surface area contributed by atoms with Gasteiger partial charge in [0.2, 0.25) is 0 Å². The Balaban J connectivity index is 1.95. The first-order chi connectivity index (χ1) is 9.70. The van der Waals surface area contributed by atoms with Gasteiger partial charge in [-0.2, -0.15) is 0 Å². The van der Waals surface area contributed by atoms with Crippen molar-refractivity contribution in [2.75, 3.05) is 13.7 Å². The molecule has 4 heteroatoms. The molecular weight excluding hydrogens is 257 g/mol. The van der Waals surface area contributed by atoms with E-state index in [4.69, 9.17) is 15.2 Å². The normalized spacial score (nSPS) is 11.9. The summed E-state index contributed by atoms with van der Waals surface area (Å²) in [5.41, 5.74) is 6.73. The molecule has 0 aliphatic carbocycles. The van der Waals surface area contributed by atoms with E-state index in [0.717, 1.165) is 5.75 Å². The van der Waals surface area contributed by atoms with Gasteiger partial charge in [0, 0.05) is 18.0 Å². The molecule has 0 aliphatic rings. The van der Waals surface area contributed by atoms with Gasteiger partial charge in [-0.1, -0.05) is 18.2 Å². The predicted octanol–water partition coefficient (Wildman–Crippen LogP) is 3.30. The monoisotopic (exact) mass is 275 g/mol. The lowest BCUT2D eigenvalue weighted by Gasteiger charge is -2.16. The van der Waals surface area contributed by atoms with E-state index in [-0.39, 0.29) is 11.9 Å². The standard InChI is InChI=1S/C16H18FNO2/c1-19-16-8-7-12(17)11-14(16)15(18)9-10-20-13-5-3-2-4-6-13/h2-8,11,15H,9-10,18H2,1H3. The lowest BCUT2D eigenvalue weighted by atomic mass is 10.0. The van der Waals surface area contributed by atoms with Crippen molar-refractivity contribution in [3.05, 3.63) is 59.9 Å². The van der Waals surface area contributed by atoms with E-state index < -0.39 is 0 Å². The van der Waals surface area contributed by atoms with Crippen molar-refractivity contribution >= 4 is 0 Å². The number of ether oxygens (including phenoxy) is 2. The topological polar surface area (TPSA) is 44.5 Å². The van der Waals surface area contributed by atoms with Gasteiger partial charge in [0.25, 0.3) is 0 Å². The zero-order valence-electron chi connectivity index (χ0n) is 11.4. The minimum absolute atomic E-state index is 0.319. The molecule has 0 aliphatic heterocycles. The van der Waals surface area contributed by atoms with Crippen LogP contribution in [0, 0.1) is 5.82 Å². The molecule has 0 heterocycles. The smallest absolute Gasteiger partial charge is 0.123 e. The van der Waals surface area contributed by atoms with Gasteiger partial charge in [0.1, 0.15) is 17.3 Å². The molecule has 2 rings (SSSR count). The maximum absolute atomic E-state index is 13.3. The van der Waals surface area contributed by atoms with Gasteiger partial charge in [-0.15, -0.1) is 0 Å². The highest BCUT2D eigenvalue weighted by molar-refractivity contribution is 5.36. The van der Waals surface area contributed by atoms with Gasteiger partial charge in [-0.05, 0) is 30.3 Å². The minimum Gasteiger partial charge on any atom is -0.496 e. The van der Waals surface area contributed by atoms with E-state index in [1.54, 1.807) is 13.2 Å². The predicted molar refractivity (Wildman–Crippen MR) is 76.4 cm³/mol. The molecular formula is C16H18FNO2. The number of para-hydroxylation sites is 1. The molecule has 0 spiro atoms. The maximum atomic E-state index is 13.3. The third-order valence-corrected chi connectivity index (χ3v) is 3.03. The van der Waals surface area contributed by atoms with Crippen LogP contribution in [0.1, 0.15) is 18.0 Å². The largest absolute Gasteiger partial charge is 0.496 e. The van der Waals surface area contributed by atoms with Crippen LogP contribution >= 0.6 is 0 Å². The van der Waals surface area contributed by atoms with Gasteiger partial charge in [-0.3, -0.25) is 0 Å². The highest BCUT2D eigenvalue weighted by Crippen LogP contribution is 2.26. The summed E-state index contributed by atoms with van der Waals surface area (Å²) < 4.78 is 24.1. The molecule has 0 bridgehead atoms. The Morgan fingerprint density at radius 1 is 1.15 bits per heavy atom. The SMILES string of the molecule is COc1ccc(F)cc1C(N)CCOc1ccccc1. The number of benzene rings is 2. The van der Waals surface area contributed by atoms with E-state index >= 15 is 0 Å². The molecule has 2 N–H and O–H groups in total. The molecule has 2 aromatic rings. The molecule has 2 aromatic carbocycles. The minimum atomic E-state index is -0.329. The zero-order chi connectivity index (χ0) is 14.4. The van der Waals surface area contributed by atoms with E-state index in [1.807, 2.05) is 30.3 Å². The Bertz CT molecular complexity index is 545. The summed E-state index contributed by atoms with van der Waals surface area (Å²) in [6.07, 6.45) is 0.578. The molecule has 0 saturated carbocycles. The van der Waals surface area contributed by atoms with Crippen LogP contribution in [0.4, 0.5) is 4.39 Å². The summed E-state index contributed by atoms with van der Waals surface area (Å²) in [5, 5.41) is 0. The van der Waals surface area contributed by atoms with Crippen LogP contribution in [0.2, 0.25) is 0 Å². The van der Waals surface area contributed by atoms with Crippen molar-refractivity contribution in [3.8, 4) is 11.5 Å². The summed E-state index contributed by atoms with van der Waals surface area (Å²) >= 11 is 0. The Morgan fingerprint density at radius 3 is 2.60 bits per heavy atom. The van der Waals surface area contributed by atoms with Gasteiger partial charge in [-0.25, -0.2) is 4.39 Å². The number of nitrogens with two attached hydrogens (primary N) is 1.